The molecule has 0 aliphatic carbocycles. The summed E-state index contributed by atoms with van der Waals surface area (Å²) in [4.78, 5) is 12.2. The Morgan fingerprint density at radius 2 is 1.78 bits per heavy atom. The van der Waals surface area contributed by atoms with Crippen molar-refractivity contribution in [2.45, 2.75) is 27.2 Å². The van der Waals surface area contributed by atoms with Gasteiger partial charge in [0, 0.05) is 25.1 Å². The second-order valence-electron chi connectivity index (χ2n) is 4.85. The summed E-state index contributed by atoms with van der Waals surface area (Å²) in [5.41, 5.74) is -0.240. The quantitative estimate of drug-likeness (QED) is 0.702. The molecule has 0 aliphatic rings. The molecular formula is C11H20ClN5O. The molecule has 18 heavy (non-hydrogen) atoms. The van der Waals surface area contributed by atoms with E-state index in [0.717, 1.165) is 13.0 Å². The number of nitrogens with zero attached hydrogens (tertiary/aromatic N) is 3. The van der Waals surface area contributed by atoms with Crippen LogP contribution in [0.5, 0.6) is 0 Å². The smallest absolute Gasteiger partial charge is 0.228 e. The molecule has 1 aromatic heterocycles. The number of halogens is 1. The van der Waals surface area contributed by atoms with E-state index in [1.807, 2.05) is 13.8 Å². The van der Waals surface area contributed by atoms with Crippen molar-refractivity contribution in [1.82, 2.24) is 15.0 Å². The molecule has 0 bridgehead atoms. The standard InChI is InChI=1S/C11H20ClN5O/c1-4-5-13-9-15-8(12)16-10(17-9)14-6-11(2,3)7-18/h18H,4-7H2,1-3H3,(H2,13,14,15,16,17). The van der Waals surface area contributed by atoms with Gasteiger partial charge in [0.1, 0.15) is 0 Å². The van der Waals surface area contributed by atoms with E-state index < -0.39 is 0 Å². The third-order valence-electron chi connectivity index (χ3n) is 2.29. The third kappa shape index (κ3) is 5.01. The lowest BCUT2D eigenvalue weighted by atomic mass is 9.95. The molecule has 102 valence electrons. The lowest BCUT2D eigenvalue weighted by Gasteiger charge is -2.21. The summed E-state index contributed by atoms with van der Waals surface area (Å²) in [6.07, 6.45) is 0.976. The van der Waals surface area contributed by atoms with E-state index in [9.17, 15) is 0 Å². The van der Waals surface area contributed by atoms with Gasteiger partial charge in [-0.2, -0.15) is 15.0 Å². The number of anilines is 2. The van der Waals surface area contributed by atoms with Crippen LogP contribution < -0.4 is 10.6 Å². The zero-order chi connectivity index (χ0) is 13.6. The molecule has 0 saturated carbocycles. The molecule has 0 aromatic carbocycles. The maximum absolute atomic E-state index is 9.17. The minimum absolute atomic E-state index is 0.0831. The summed E-state index contributed by atoms with van der Waals surface area (Å²) < 4.78 is 0. The van der Waals surface area contributed by atoms with Gasteiger partial charge in [0.15, 0.2) is 0 Å². The minimum Gasteiger partial charge on any atom is -0.396 e. The Kier molecular flexibility index (Phi) is 5.55. The van der Waals surface area contributed by atoms with Gasteiger partial charge in [0.05, 0.1) is 0 Å². The molecule has 0 aliphatic heterocycles. The maximum Gasteiger partial charge on any atom is 0.228 e. The van der Waals surface area contributed by atoms with Crippen LogP contribution in [0.15, 0.2) is 0 Å². The van der Waals surface area contributed by atoms with E-state index >= 15 is 0 Å². The molecule has 0 unspecified atom stereocenters. The highest BCUT2D eigenvalue weighted by atomic mass is 35.5. The van der Waals surface area contributed by atoms with Crippen molar-refractivity contribution in [3.05, 3.63) is 5.28 Å². The lowest BCUT2D eigenvalue weighted by Crippen LogP contribution is -2.27. The summed E-state index contributed by atoms with van der Waals surface area (Å²) >= 11 is 5.82. The molecule has 6 nitrogen and oxygen atoms in total. The first-order valence-corrected chi connectivity index (χ1v) is 6.35. The van der Waals surface area contributed by atoms with Crippen molar-refractivity contribution in [1.29, 1.82) is 0 Å². The van der Waals surface area contributed by atoms with Crippen molar-refractivity contribution in [3.63, 3.8) is 0 Å². The van der Waals surface area contributed by atoms with Gasteiger partial charge in [0.2, 0.25) is 17.2 Å². The summed E-state index contributed by atoms with van der Waals surface area (Å²) in [7, 11) is 0. The van der Waals surface area contributed by atoms with Crippen LogP contribution in [0.4, 0.5) is 11.9 Å². The molecule has 0 saturated heterocycles. The predicted octanol–water partition coefficient (Wildman–Crippen LogP) is 1.78. The molecule has 3 N–H and O–H groups in total. The zero-order valence-electron chi connectivity index (χ0n) is 11.0. The zero-order valence-corrected chi connectivity index (χ0v) is 11.8. The molecule has 0 radical (unpaired) electrons. The first-order chi connectivity index (χ1) is 8.46. The second kappa shape index (κ2) is 6.70. The van der Waals surface area contributed by atoms with E-state index in [0.29, 0.717) is 18.4 Å². The number of aliphatic hydroxyl groups is 1. The Balaban J connectivity index is 2.68. The molecule has 1 heterocycles. The third-order valence-corrected chi connectivity index (χ3v) is 2.46. The molecule has 0 atom stereocenters. The molecule has 0 fully saturated rings. The number of hydrogen-bond acceptors (Lipinski definition) is 6. The Morgan fingerprint density at radius 1 is 1.17 bits per heavy atom. The van der Waals surface area contributed by atoms with Crippen LogP contribution in [-0.4, -0.2) is 39.8 Å². The number of rotatable bonds is 7. The Bertz CT molecular complexity index is 386. The van der Waals surface area contributed by atoms with Crippen LogP contribution in [0, 0.1) is 5.41 Å². The molecule has 0 spiro atoms. The van der Waals surface area contributed by atoms with Gasteiger partial charge in [-0.3, -0.25) is 0 Å². The van der Waals surface area contributed by atoms with Gasteiger partial charge < -0.3 is 15.7 Å². The van der Waals surface area contributed by atoms with Gasteiger partial charge in [-0.15, -0.1) is 0 Å². The van der Waals surface area contributed by atoms with Crippen molar-refractivity contribution in [2.24, 2.45) is 5.41 Å². The van der Waals surface area contributed by atoms with Crippen molar-refractivity contribution in [2.75, 3.05) is 30.3 Å². The van der Waals surface area contributed by atoms with Crippen LogP contribution in [0.2, 0.25) is 5.28 Å². The summed E-state index contributed by atoms with van der Waals surface area (Å²) in [5.74, 6) is 0.872. The van der Waals surface area contributed by atoms with E-state index in [4.69, 9.17) is 16.7 Å². The Morgan fingerprint density at radius 3 is 2.33 bits per heavy atom. The van der Waals surface area contributed by atoms with Crippen LogP contribution in [0.25, 0.3) is 0 Å². The largest absolute Gasteiger partial charge is 0.396 e. The van der Waals surface area contributed by atoms with Crippen LogP contribution in [0.3, 0.4) is 0 Å². The van der Waals surface area contributed by atoms with Crippen molar-refractivity contribution < 1.29 is 5.11 Å². The van der Waals surface area contributed by atoms with Crippen LogP contribution in [-0.2, 0) is 0 Å². The summed E-state index contributed by atoms with van der Waals surface area (Å²) in [5, 5.41) is 15.4. The van der Waals surface area contributed by atoms with Gasteiger partial charge in [-0.25, -0.2) is 0 Å². The van der Waals surface area contributed by atoms with Crippen LogP contribution in [0.1, 0.15) is 27.2 Å². The Hall–Kier alpha value is -1.14. The predicted molar refractivity (Wildman–Crippen MR) is 73.0 cm³/mol. The van der Waals surface area contributed by atoms with E-state index in [-0.39, 0.29) is 17.3 Å². The molecule has 1 rings (SSSR count). The highest BCUT2D eigenvalue weighted by Crippen LogP contribution is 2.15. The highest BCUT2D eigenvalue weighted by Gasteiger charge is 2.17. The molecule has 7 heteroatoms. The van der Waals surface area contributed by atoms with E-state index in [1.165, 1.54) is 0 Å². The number of hydrogen-bond donors (Lipinski definition) is 3. The normalized spacial score (nSPS) is 11.4. The van der Waals surface area contributed by atoms with Gasteiger partial charge in [-0.1, -0.05) is 20.8 Å². The SMILES string of the molecule is CCCNc1nc(Cl)nc(NCC(C)(C)CO)n1. The molecule has 0 amide bonds. The summed E-state index contributed by atoms with van der Waals surface area (Å²) in [6, 6.07) is 0. The number of nitrogens with one attached hydrogen (secondary N) is 2. The summed E-state index contributed by atoms with van der Waals surface area (Å²) in [6.45, 7) is 7.36. The number of aliphatic hydroxyl groups excluding tert-OH is 1. The monoisotopic (exact) mass is 273 g/mol. The number of aromatic nitrogens is 3. The first kappa shape index (κ1) is 14.9. The molecular weight excluding hydrogens is 254 g/mol. The van der Waals surface area contributed by atoms with Crippen molar-refractivity contribution in [3.8, 4) is 0 Å². The average molecular weight is 274 g/mol. The Labute approximate surface area is 112 Å². The first-order valence-electron chi connectivity index (χ1n) is 5.97. The van der Waals surface area contributed by atoms with E-state index in [1.54, 1.807) is 0 Å². The van der Waals surface area contributed by atoms with Gasteiger partial charge in [-0.05, 0) is 18.0 Å². The lowest BCUT2D eigenvalue weighted by molar-refractivity contribution is 0.170. The van der Waals surface area contributed by atoms with Gasteiger partial charge >= 0.3 is 0 Å². The van der Waals surface area contributed by atoms with Crippen LogP contribution >= 0.6 is 11.6 Å². The van der Waals surface area contributed by atoms with Gasteiger partial charge in [0.25, 0.3) is 0 Å². The minimum atomic E-state index is -0.240. The highest BCUT2D eigenvalue weighted by molar-refractivity contribution is 6.28. The van der Waals surface area contributed by atoms with E-state index in [2.05, 4.69) is 32.5 Å². The molecule has 1 aromatic rings. The average Bonchev–Trinajstić information content (AvgIpc) is 2.33. The topological polar surface area (TPSA) is 83.0 Å². The maximum atomic E-state index is 9.17. The fraction of sp³-hybridized carbons (Fsp3) is 0.727. The second-order valence-corrected chi connectivity index (χ2v) is 5.19. The fourth-order valence-corrected chi connectivity index (χ4v) is 1.28. The fourth-order valence-electron chi connectivity index (χ4n) is 1.12. The van der Waals surface area contributed by atoms with Crippen molar-refractivity contribution >= 4 is 23.5 Å².